The van der Waals surface area contributed by atoms with Crippen molar-refractivity contribution in [1.29, 1.82) is 0 Å². The van der Waals surface area contributed by atoms with Gasteiger partial charge in [0.1, 0.15) is 5.75 Å². The van der Waals surface area contributed by atoms with Crippen LogP contribution >= 0.6 is 0 Å². The van der Waals surface area contributed by atoms with Crippen molar-refractivity contribution in [3.8, 4) is 11.5 Å². The van der Waals surface area contributed by atoms with Crippen molar-refractivity contribution >= 4 is 21.4 Å². The molecule has 26 heavy (non-hydrogen) atoms. The lowest BCUT2D eigenvalue weighted by molar-refractivity contribution is 0.0696. The molecule has 2 N–H and O–H groups in total. The number of nitrogens with one attached hydrogen (secondary N) is 1. The lowest BCUT2D eigenvalue weighted by Gasteiger charge is -2.18. The minimum Gasteiger partial charge on any atom is -0.478 e. The Morgan fingerprint density at radius 1 is 1.27 bits per heavy atom. The molecule has 0 spiro atoms. The lowest BCUT2D eigenvalue weighted by Crippen LogP contribution is -2.10. The molecule has 1 atom stereocenters. The third kappa shape index (κ3) is 4.76. The monoisotopic (exact) mass is 376 g/mol. The summed E-state index contributed by atoms with van der Waals surface area (Å²) < 4.78 is 22.9. The standard InChI is InChI=1S/C19H24N2O4S/c1-4-5-11-21-16-12-14(19(22)23)13-17(26(3,24)20-2)18(16)25-15-9-7-6-8-10-15/h6-10,12-13,21H,4-5,11H2,1-3H3,(H,22,23). The van der Waals surface area contributed by atoms with E-state index in [1.165, 1.54) is 25.4 Å². The molecule has 2 aromatic carbocycles. The Labute approximate surface area is 154 Å². The fraction of sp³-hybridized carbons (Fsp3) is 0.316. The highest BCUT2D eigenvalue weighted by Crippen LogP contribution is 2.38. The molecule has 0 aromatic heterocycles. The lowest BCUT2D eigenvalue weighted by atomic mass is 10.1. The highest BCUT2D eigenvalue weighted by atomic mass is 32.2. The van der Waals surface area contributed by atoms with E-state index in [1.54, 1.807) is 12.1 Å². The van der Waals surface area contributed by atoms with E-state index in [4.69, 9.17) is 4.74 Å². The molecule has 0 saturated carbocycles. The molecule has 0 amide bonds. The van der Waals surface area contributed by atoms with Crippen molar-refractivity contribution in [1.82, 2.24) is 0 Å². The maximum absolute atomic E-state index is 13.0. The molecule has 7 heteroatoms. The van der Waals surface area contributed by atoms with Crippen molar-refractivity contribution in [3.05, 3.63) is 48.0 Å². The van der Waals surface area contributed by atoms with Gasteiger partial charge in [0.2, 0.25) is 0 Å². The van der Waals surface area contributed by atoms with Gasteiger partial charge in [-0.25, -0.2) is 13.4 Å². The Morgan fingerprint density at radius 2 is 1.96 bits per heavy atom. The molecule has 0 aliphatic carbocycles. The predicted octanol–water partition coefficient (Wildman–Crippen LogP) is 4.48. The summed E-state index contributed by atoms with van der Waals surface area (Å²) in [5.41, 5.74) is 0.535. The molecule has 0 bridgehead atoms. The van der Waals surface area contributed by atoms with Crippen molar-refractivity contribution < 1.29 is 18.8 Å². The van der Waals surface area contributed by atoms with E-state index in [1.807, 2.05) is 18.2 Å². The van der Waals surface area contributed by atoms with Crippen LogP contribution in [-0.2, 0) is 9.73 Å². The molecule has 140 valence electrons. The Kier molecular flexibility index (Phi) is 6.63. The SMILES string of the molecule is CCCCNc1cc(C(=O)O)cc(S(C)(=O)=NC)c1Oc1ccccc1. The minimum atomic E-state index is -2.81. The number of hydrogen-bond donors (Lipinski definition) is 2. The second-order valence-corrected chi connectivity index (χ2v) is 8.25. The largest absolute Gasteiger partial charge is 0.478 e. The Morgan fingerprint density at radius 3 is 2.54 bits per heavy atom. The van der Waals surface area contributed by atoms with Gasteiger partial charge in [0.05, 0.1) is 25.9 Å². The van der Waals surface area contributed by atoms with Crippen molar-refractivity contribution in [2.24, 2.45) is 4.36 Å². The average Bonchev–Trinajstić information content (AvgIpc) is 2.63. The number of ether oxygens (including phenoxy) is 1. The van der Waals surface area contributed by atoms with Gasteiger partial charge in [-0.1, -0.05) is 31.5 Å². The summed E-state index contributed by atoms with van der Waals surface area (Å²) in [6, 6.07) is 12.0. The molecule has 2 rings (SSSR count). The van der Waals surface area contributed by atoms with Crippen LogP contribution in [0.25, 0.3) is 0 Å². The number of benzene rings is 2. The van der Waals surface area contributed by atoms with E-state index in [0.29, 0.717) is 23.7 Å². The first kappa shape index (κ1) is 19.8. The number of nitrogens with zero attached hydrogens (tertiary/aromatic N) is 1. The molecule has 6 nitrogen and oxygen atoms in total. The number of unbranched alkanes of at least 4 members (excludes halogenated alkanes) is 1. The molecule has 0 saturated heterocycles. The molecule has 0 radical (unpaired) electrons. The first-order valence-electron chi connectivity index (χ1n) is 8.37. The van der Waals surface area contributed by atoms with Gasteiger partial charge in [-0.3, -0.25) is 0 Å². The van der Waals surface area contributed by atoms with Crippen molar-refractivity contribution in [3.63, 3.8) is 0 Å². The Bertz CT molecular complexity index is 888. The number of carbonyl (C=O) groups is 1. The fourth-order valence-corrected chi connectivity index (χ4v) is 3.39. The minimum absolute atomic E-state index is 0.0395. The zero-order chi connectivity index (χ0) is 19.2. The molecule has 1 unspecified atom stereocenters. The fourth-order valence-electron chi connectivity index (χ4n) is 2.35. The third-order valence-electron chi connectivity index (χ3n) is 3.87. The van der Waals surface area contributed by atoms with Crippen LogP contribution in [0.5, 0.6) is 11.5 Å². The Balaban J connectivity index is 2.65. The topological polar surface area (TPSA) is 88.0 Å². The van der Waals surface area contributed by atoms with Gasteiger partial charge in [-0.15, -0.1) is 0 Å². The van der Waals surface area contributed by atoms with Gasteiger partial charge < -0.3 is 15.2 Å². The highest BCUT2D eigenvalue weighted by molar-refractivity contribution is 7.93. The number of aromatic carboxylic acids is 1. The van der Waals surface area contributed by atoms with Gasteiger partial charge in [-0.2, -0.15) is 0 Å². The summed E-state index contributed by atoms with van der Waals surface area (Å²) in [6.07, 6.45) is 3.38. The van der Waals surface area contributed by atoms with Crippen LogP contribution in [0.1, 0.15) is 30.1 Å². The van der Waals surface area contributed by atoms with Crippen LogP contribution in [0.15, 0.2) is 51.7 Å². The summed E-state index contributed by atoms with van der Waals surface area (Å²) >= 11 is 0. The first-order chi connectivity index (χ1) is 12.4. The number of carboxylic acid groups (broad SMARTS) is 1. The third-order valence-corrected chi connectivity index (χ3v) is 5.68. The van der Waals surface area contributed by atoms with E-state index < -0.39 is 15.7 Å². The number of hydrogen-bond acceptors (Lipinski definition) is 5. The van der Waals surface area contributed by atoms with Crippen LogP contribution in [0, 0.1) is 0 Å². The molecule has 2 aromatic rings. The van der Waals surface area contributed by atoms with Crippen LogP contribution in [0.2, 0.25) is 0 Å². The maximum Gasteiger partial charge on any atom is 0.335 e. The van der Waals surface area contributed by atoms with Crippen molar-refractivity contribution in [2.75, 3.05) is 25.2 Å². The first-order valence-corrected chi connectivity index (χ1v) is 10.3. The van der Waals surface area contributed by atoms with Crippen LogP contribution in [0.3, 0.4) is 0 Å². The summed E-state index contributed by atoms with van der Waals surface area (Å²) in [7, 11) is -1.36. The Hall–Kier alpha value is -2.54. The van der Waals surface area contributed by atoms with E-state index in [9.17, 15) is 14.1 Å². The van der Waals surface area contributed by atoms with Crippen LogP contribution in [0.4, 0.5) is 5.69 Å². The van der Waals surface area contributed by atoms with Gasteiger partial charge >= 0.3 is 5.97 Å². The van der Waals surface area contributed by atoms with Gasteiger partial charge in [-0.05, 0) is 30.7 Å². The maximum atomic E-state index is 13.0. The predicted molar refractivity (Wildman–Crippen MR) is 104 cm³/mol. The molecule has 0 heterocycles. The van der Waals surface area contributed by atoms with Crippen LogP contribution in [-0.4, -0.2) is 35.1 Å². The van der Waals surface area contributed by atoms with E-state index in [-0.39, 0.29) is 10.5 Å². The van der Waals surface area contributed by atoms with E-state index in [2.05, 4.69) is 16.6 Å². The highest BCUT2D eigenvalue weighted by Gasteiger charge is 2.21. The van der Waals surface area contributed by atoms with E-state index in [0.717, 1.165) is 12.8 Å². The second kappa shape index (κ2) is 8.71. The molecular weight excluding hydrogens is 352 g/mol. The number of rotatable bonds is 8. The van der Waals surface area contributed by atoms with E-state index >= 15 is 0 Å². The number of para-hydroxylation sites is 1. The zero-order valence-electron chi connectivity index (χ0n) is 15.2. The summed E-state index contributed by atoms with van der Waals surface area (Å²) in [6.45, 7) is 2.72. The summed E-state index contributed by atoms with van der Waals surface area (Å²) in [5.74, 6) is -0.181. The second-order valence-electron chi connectivity index (χ2n) is 5.84. The van der Waals surface area contributed by atoms with Crippen LogP contribution < -0.4 is 10.1 Å². The van der Waals surface area contributed by atoms with Gasteiger partial charge in [0.25, 0.3) is 0 Å². The molecule has 0 aliphatic rings. The molecule has 0 aliphatic heterocycles. The summed E-state index contributed by atoms with van der Waals surface area (Å²) in [5, 5.41) is 12.6. The smallest absolute Gasteiger partial charge is 0.335 e. The van der Waals surface area contributed by atoms with Gasteiger partial charge in [0, 0.05) is 19.8 Å². The zero-order valence-corrected chi connectivity index (χ0v) is 16.0. The van der Waals surface area contributed by atoms with Gasteiger partial charge in [0.15, 0.2) is 5.75 Å². The molecule has 0 fully saturated rings. The number of anilines is 1. The van der Waals surface area contributed by atoms with Crippen molar-refractivity contribution in [2.45, 2.75) is 24.7 Å². The number of carboxylic acids is 1. The summed E-state index contributed by atoms with van der Waals surface area (Å²) in [4.78, 5) is 11.8. The average molecular weight is 376 g/mol. The molecular formula is C19H24N2O4S. The normalized spacial score (nSPS) is 12.9. The quantitative estimate of drug-likeness (QED) is 0.663.